The van der Waals surface area contributed by atoms with E-state index in [-0.39, 0.29) is 17.4 Å². The van der Waals surface area contributed by atoms with Crippen LogP contribution in [0.4, 0.5) is 11.6 Å². The number of amides is 2. The predicted molar refractivity (Wildman–Crippen MR) is 132 cm³/mol. The number of hydrogen-bond donors (Lipinski definition) is 2. The second kappa shape index (κ2) is 8.68. The Labute approximate surface area is 202 Å². The number of fused-ring (bicyclic) bond motifs is 1. The molecule has 2 fully saturated rings. The molecule has 5 rings (SSSR count). The van der Waals surface area contributed by atoms with E-state index < -0.39 is 0 Å². The second-order valence-corrected chi connectivity index (χ2v) is 9.42. The average Bonchev–Trinajstić information content (AvgIpc) is 3.09. The van der Waals surface area contributed by atoms with Crippen LogP contribution in [0.5, 0.6) is 0 Å². The Morgan fingerprint density at radius 1 is 1.21 bits per heavy atom. The van der Waals surface area contributed by atoms with Crippen molar-refractivity contribution >= 4 is 45.8 Å². The number of anilines is 2. The number of nitrogens with one attached hydrogen (secondary N) is 1. The van der Waals surface area contributed by atoms with Crippen molar-refractivity contribution in [1.29, 1.82) is 0 Å². The summed E-state index contributed by atoms with van der Waals surface area (Å²) in [6.45, 7) is 0. The Kier molecular flexibility index (Phi) is 5.69. The summed E-state index contributed by atoms with van der Waals surface area (Å²) in [5.41, 5.74) is 8.49. The summed E-state index contributed by atoms with van der Waals surface area (Å²) in [7, 11) is 1.90. The van der Waals surface area contributed by atoms with E-state index in [4.69, 9.17) is 17.3 Å². The van der Waals surface area contributed by atoms with Crippen molar-refractivity contribution in [2.45, 2.75) is 44.1 Å². The molecule has 0 atom stereocenters. The van der Waals surface area contributed by atoms with Crippen LogP contribution in [-0.2, 0) is 9.59 Å². The summed E-state index contributed by atoms with van der Waals surface area (Å²) in [4.78, 5) is 39.4. The monoisotopic (exact) mass is 476 g/mol. The standard InChI is InChI=1S/C25H25ClN6O2/c1-32-23(34)4-8-25(32)6-2-15(3-7-25)10-22(33)31-21-12-16-11-20(18-13-28-9-5-19(18)26)30-24(27)17(16)14-29-21/h5,9-14H,2-4,6-8H2,1H3,(H2,27,30)(H,29,31,33). The minimum atomic E-state index is -0.216. The molecule has 0 aromatic carbocycles. The number of halogens is 1. The number of rotatable bonds is 3. The maximum Gasteiger partial charge on any atom is 0.249 e. The summed E-state index contributed by atoms with van der Waals surface area (Å²) in [5, 5.41) is 4.86. The van der Waals surface area contributed by atoms with Gasteiger partial charge in [0.05, 0.1) is 10.7 Å². The van der Waals surface area contributed by atoms with Crippen molar-refractivity contribution in [2.75, 3.05) is 18.1 Å². The molecule has 1 spiro atoms. The number of nitrogens with zero attached hydrogens (tertiary/aromatic N) is 4. The highest BCUT2D eigenvalue weighted by atomic mass is 35.5. The molecule has 34 heavy (non-hydrogen) atoms. The minimum absolute atomic E-state index is 0.0341. The van der Waals surface area contributed by atoms with Crippen molar-refractivity contribution in [2.24, 2.45) is 0 Å². The number of likely N-dealkylation sites (tertiary alicyclic amines) is 1. The average molecular weight is 477 g/mol. The van der Waals surface area contributed by atoms with E-state index in [0.717, 1.165) is 43.1 Å². The first-order chi connectivity index (χ1) is 16.3. The summed E-state index contributed by atoms with van der Waals surface area (Å²) in [6, 6.07) is 5.32. The van der Waals surface area contributed by atoms with E-state index in [1.807, 2.05) is 18.0 Å². The molecule has 3 N–H and O–H groups in total. The molecule has 3 aromatic heterocycles. The summed E-state index contributed by atoms with van der Waals surface area (Å²) >= 11 is 6.29. The summed E-state index contributed by atoms with van der Waals surface area (Å²) in [6.07, 6.45) is 11.5. The van der Waals surface area contributed by atoms with E-state index in [0.29, 0.717) is 39.7 Å². The lowest BCUT2D eigenvalue weighted by atomic mass is 9.77. The molecule has 1 saturated heterocycles. The van der Waals surface area contributed by atoms with Crippen LogP contribution in [0.1, 0.15) is 38.5 Å². The van der Waals surface area contributed by atoms with Crippen molar-refractivity contribution in [3.8, 4) is 11.3 Å². The molecule has 0 bridgehead atoms. The lowest BCUT2D eigenvalue weighted by molar-refractivity contribution is -0.130. The van der Waals surface area contributed by atoms with Gasteiger partial charge in [-0.3, -0.25) is 14.6 Å². The molecule has 9 heteroatoms. The van der Waals surface area contributed by atoms with Gasteiger partial charge in [-0.2, -0.15) is 0 Å². The molecule has 0 unspecified atom stereocenters. The van der Waals surface area contributed by atoms with Crippen LogP contribution in [0.25, 0.3) is 22.0 Å². The Hall–Kier alpha value is -3.52. The van der Waals surface area contributed by atoms with Gasteiger partial charge in [-0.05, 0) is 55.7 Å². The fourth-order valence-corrected chi connectivity index (χ4v) is 5.20. The maximum atomic E-state index is 12.7. The van der Waals surface area contributed by atoms with Crippen molar-refractivity contribution in [3.63, 3.8) is 0 Å². The Morgan fingerprint density at radius 3 is 2.68 bits per heavy atom. The van der Waals surface area contributed by atoms with Crippen molar-refractivity contribution < 1.29 is 9.59 Å². The molecule has 174 valence electrons. The molecule has 4 heterocycles. The van der Waals surface area contributed by atoms with E-state index in [2.05, 4.69) is 20.3 Å². The quantitative estimate of drug-likeness (QED) is 0.543. The van der Waals surface area contributed by atoms with Crippen molar-refractivity contribution in [1.82, 2.24) is 19.9 Å². The van der Waals surface area contributed by atoms with Gasteiger partial charge < -0.3 is 16.0 Å². The number of hydrogen-bond acceptors (Lipinski definition) is 6. The first-order valence-electron chi connectivity index (χ1n) is 11.3. The van der Waals surface area contributed by atoms with Crippen LogP contribution in [0.3, 0.4) is 0 Å². The molecule has 1 aliphatic heterocycles. The van der Waals surface area contributed by atoms with Crippen LogP contribution < -0.4 is 11.1 Å². The number of aromatic nitrogens is 3. The highest BCUT2D eigenvalue weighted by Crippen LogP contribution is 2.42. The number of nitrogen functional groups attached to an aromatic ring is 1. The van der Waals surface area contributed by atoms with Gasteiger partial charge in [0.2, 0.25) is 11.8 Å². The molecule has 0 radical (unpaired) electrons. The molecule has 1 aliphatic carbocycles. The van der Waals surface area contributed by atoms with Gasteiger partial charge >= 0.3 is 0 Å². The van der Waals surface area contributed by atoms with Crippen LogP contribution in [0, 0.1) is 0 Å². The Bertz CT molecular complexity index is 1330. The SMILES string of the molecule is CN1C(=O)CCC12CCC(=CC(=O)Nc1cc3cc(-c4cnccc4Cl)nc(N)c3cn1)CC2. The van der Waals surface area contributed by atoms with E-state index in [1.54, 1.807) is 36.8 Å². The van der Waals surface area contributed by atoms with Crippen LogP contribution in [-0.4, -0.2) is 44.3 Å². The molecular weight excluding hydrogens is 452 g/mol. The van der Waals surface area contributed by atoms with Crippen LogP contribution in [0.2, 0.25) is 5.02 Å². The Balaban J connectivity index is 1.32. The van der Waals surface area contributed by atoms with Crippen molar-refractivity contribution in [3.05, 3.63) is 53.5 Å². The number of allylic oxidation sites excluding steroid dienone is 1. The second-order valence-electron chi connectivity index (χ2n) is 9.01. The van der Waals surface area contributed by atoms with E-state index in [1.165, 1.54) is 0 Å². The number of carbonyl (C=O) groups excluding carboxylic acids is 2. The minimum Gasteiger partial charge on any atom is -0.383 e. The largest absolute Gasteiger partial charge is 0.383 e. The zero-order chi connectivity index (χ0) is 23.9. The number of pyridine rings is 3. The fourth-order valence-electron chi connectivity index (χ4n) is 5.00. The molecule has 8 nitrogen and oxygen atoms in total. The normalized spacial score (nSPS) is 20.2. The van der Waals surface area contributed by atoms with Gasteiger partial charge in [0.1, 0.15) is 11.6 Å². The molecule has 3 aromatic rings. The Morgan fingerprint density at radius 2 is 1.97 bits per heavy atom. The molecule has 2 aliphatic rings. The predicted octanol–water partition coefficient (Wildman–Crippen LogP) is 4.36. The zero-order valence-corrected chi connectivity index (χ0v) is 19.6. The summed E-state index contributed by atoms with van der Waals surface area (Å²) in [5.74, 6) is 0.756. The maximum absolute atomic E-state index is 12.7. The van der Waals surface area contributed by atoms with Gasteiger partial charge in [-0.1, -0.05) is 17.2 Å². The van der Waals surface area contributed by atoms with Gasteiger partial charge in [-0.15, -0.1) is 0 Å². The van der Waals surface area contributed by atoms with Crippen LogP contribution in [0.15, 0.2) is 48.4 Å². The highest BCUT2D eigenvalue weighted by Gasteiger charge is 2.44. The third-order valence-electron chi connectivity index (χ3n) is 7.09. The van der Waals surface area contributed by atoms with Gasteiger partial charge in [0, 0.05) is 54.6 Å². The molecular formula is C25H25ClN6O2. The first-order valence-corrected chi connectivity index (χ1v) is 11.7. The zero-order valence-electron chi connectivity index (χ0n) is 18.8. The van der Waals surface area contributed by atoms with Crippen LogP contribution >= 0.6 is 11.6 Å². The van der Waals surface area contributed by atoms with E-state index >= 15 is 0 Å². The van der Waals surface area contributed by atoms with Gasteiger partial charge in [0.25, 0.3) is 0 Å². The van der Waals surface area contributed by atoms with Gasteiger partial charge in [-0.25, -0.2) is 9.97 Å². The fraction of sp³-hybridized carbons (Fsp3) is 0.320. The molecule has 1 saturated carbocycles. The third-order valence-corrected chi connectivity index (χ3v) is 7.42. The lowest BCUT2D eigenvalue weighted by Gasteiger charge is -2.40. The first kappa shape index (κ1) is 22.3. The molecule has 2 amide bonds. The number of carbonyl (C=O) groups is 2. The topological polar surface area (TPSA) is 114 Å². The van der Waals surface area contributed by atoms with E-state index in [9.17, 15) is 9.59 Å². The number of nitrogens with two attached hydrogens (primary N) is 1. The smallest absolute Gasteiger partial charge is 0.249 e. The van der Waals surface area contributed by atoms with Gasteiger partial charge in [0.15, 0.2) is 0 Å². The lowest BCUT2D eigenvalue weighted by Crippen LogP contribution is -2.44. The highest BCUT2D eigenvalue weighted by molar-refractivity contribution is 6.33. The third kappa shape index (κ3) is 4.09. The summed E-state index contributed by atoms with van der Waals surface area (Å²) < 4.78 is 0.